The zero-order chi connectivity index (χ0) is 53.6. The molecule has 0 aromatic heterocycles. The van der Waals surface area contributed by atoms with Gasteiger partial charge in [0.05, 0.1) is 0 Å². The third kappa shape index (κ3) is 58.4. The first-order valence-electron chi connectivity index (χ1n) is 30.2. The Morgan fingerprint density at radius 2 is 0.541 bits per heavy atom. The average molecular weight is 1020 g/mol. The van der Waals surface area contributed by atoms with Gasteiger partial charge in [0.2, 0.25) is 0 Å². The highest BCUT2D eigenvalue weighted by Gasteiger charge is 2.19. The van der Waals surface area contributed by atoms with Crippen LogP contribution in [0.2, 0.25) is 0 Å². The smallest absolute Gasteiger partial charge is 0.306 e. The third-order valence-electron chi connectivity index (χ3n) is 12.4. The lowest BCUT2D eigenvalue weighted by Gasteiger charge is -2.18. The molecule has 0 aliphatic rings. The van der Waals surface area contributed by atoms with E-state index in [1.807, 2.05) is 0 Å². The summed E-state index contributed by atoms with van der Waals surface area (Å²) in [5.74, 6) is -0.976. The molecule has 0 amide bonds. The quantitative estimate of drug-likeness (QED) is 0.0261. The van der Waals surface area contributed by atoms with Gasteiger partial charge < -0.3 is 14.2 Å². The number of allylic oxidation sites excluding steroid dienone is 22. The van der Waals surface area contributed by atoms with Crippen molar-refractivity contribution in [2.75, 3.05) is 13.2 Å². The fraction of sp³-hybridized carbons (Fsp3) is 0.632. The molecule has 0 N–H and O–H groups in total. The minimum Gasteiger partial charge on any atom is -0.462 e. The van der Waals surface area contributed by atoms with E-state index >= 15 is 0 Å². The standard InChI is InChI=1S/C68H110O6/c1-4-7-10-13-16-18-20-22-24-26-28-30-32-33-34-35-37-38-40-42-44-46-48-50-52-55-58-61-67(70)73-64-65(63-72-66(69)60-57-54-15-12-9-6-3)74-68(71)62-59-56-53-51-49-47-45-43-41-39-36-31-29-27-25-23-21-19-17-14-11-8-5-2/h7-8,10-11,16-19,22-25,28-31,39,41,45,47,51,53,65H,4-6,9,12-15,20-21,26-27,32-38,40,42-44,46,48-50,52,54-64H2,1-3H3/b10-7-,11-8-,18-16-,19-17-,24-22-,25-23-,30-28-,31-29-,41-39-,47-45-,53-51-. The van der Waals surface area contributed by atoms with Crippen LogP contribution in [0, 0.1) is 0 Å². The lowest BCUT2D eigenvalue weighted by Crippen LogP contribution is -2.30. The Hall–Kier alpha value is -4.45. The van der Waals surface area contributed by atoms with Gasteiger partial charge >= 0.3 is 17.9 Å². The second-order valence-electron chi connectivity index (χ2n) is 19.5. The molecule has 1 unspecified atom stereocenters. The molecule has 0 aliphatic carbocycles. The van der Waals surface area contributed by atoms with Gasteiger partial charge in [-0.2, -0.15) is 0 Å². The first kappa shape index (κ1) is 69.5. The summed E-state index contributed by atoms with van der Waals surface area (Å²) in [6.07, 6.45) is 86.4. The van der Waals surface area contributed by atoms with Crippen molar-refractivity contribution in [2.24, 2.45) is 0 Å². The number of carbonyl (C=O) groups excluding carboxylic acids is 3. The molecule has 0 bridgehead atoms. The van der Waals surface area contributed by atoms with Crippen LogP contribution in [0.25, 0.3) is 0 Å². The Balaban J connectivity index is 4.21. The lowest BCUT2D eigenvalue weighted by molar-refractivity contribution is -0.167. The molecule has 0 aromatic rings. The van der Waals surface area contributed by atoms with Crippen molar-refractivity contribution in [2.45, 2.75) is 264 Å². The molecule has 418 valence electrons. The van der Waals surface area contributed by atoms with Crippen molar-refractivity contribution >= 4 is 17.9 Å². The van der Waals surface area contributed by atoms with E-state index in [2.05, 4.69) is 154 Å². The summed E-state index contributed by atoms with van der Waals surface area (Å²) in [4.78, 5) is 37.9. The van der Waals surface area contributed by atoms with Gasteiger partial charge in [0, 0.05) is 19.3 Å². The zero-order valence-electron chi connectivity index (χ0n) is 47.8. The topological polar surface area (TPSA) is 78.9 Å². The van der Waals surface area contributed by atoms with Gasteiger partial charge in [-0.15, -0.1) is 0 Å². The Morgan fingerprint density at radius 3 is 0.865 bits per heavy atom. The van der Waals surface area contributed by atoms with Crippen molar-refractivity contribution in [1.82, 2.24) is 0 Å². The number of ether oxygens (including phenoxy) is 3. The first-order chi connectivity index (χ1) is 36.5. The van der Waals surface area contributed by atoms with Gasteiger partial charge in [-0.25, -0.2) is 0 Å². The second kappa shape index (κ2) is 61.1. The van der Waals surface area contributed by atoms with Crippen LogP contribution in [-0.4, -0.2) is 37.2 Å². The molecular formula is C68H110O6. The maximum absolute atomic E-state index is 12.8. The monoisotopic (exact) mass is 1020 g/mol. The minimum absolute atomic E-state index is 0.104. The van der Waals surface area contributed by atoms with Crippen LogP contribution in [0.3, 0.4) is 0 Å². The molecule has 0 rings (SSSR count). The molecule has 1 atom stereocenters. The van der Waals surface area contributed by atoms with E-state index in [0.717, 1.165) is 116 Å². The molecule has 0 radical (unpaired) electrons. The normalized spacial score (nSPS) is 13.1. The van der Waals surface area contributed by atoms with Gasteiger partial charge in [-0.05, 0) is 109 Å². The number of rotatable bonds is 53. The number of hydrogen-bond donors (Lipinski definition) is 0. The van der Waals surface area contributed by atoms with E-state index in [-0.39, 0.29) is 37.5 Å². The van der Waals surface area contributed by atoms with Gasteiger partial charge in [-0.1, -0.05) is 264 Å². The van der Waals surface area contributed by atoms with Crippen LogP contribution >= 0.6 is 0 Å². The van der Waals surface area contributed by atoms with Gasteiger partial charge in [0.1, 0.15) is 13.2 Å². The Kier molecular flexibility index (Phi) is 57.4. The summed E-state index contributed by atoms with van der Waals surface area (Å²) in [5, 5.41) is 0. The van der Waals surface area contributed by atoms with Crippen LogP contribution in [0.4, 0.5) is 0 Å². The molecular weight excluding hydrogens is 913 g/mol. The van der Waals surface area contributed by atoms with Gasteiger partial charge in [-0.3, -0.25) is 14.4 Å². The molecule has 0 fully saturated rings. The van der Waals surface area contributed by atoms with Crippen molar-refractivity contribution in [3.8, 4) is 0 Å². The molecule has 74 heavy (non-hydrogen) atoms. The van der Waals surface area contributed by atoms with Crippen LogP contribution in [0.15, 0.2) is 134 Å². The molecule has 0 saturated heterocycles. The molecule has 6 heteroatoms. The summed E-state index contributed by atoms with van der Waals surface area (Å²) in [7, 11) is 0. The largest absolute Gasteiger partial charge is 0.462 e. The van der Waals surface area contributed by atoms with Crippen LogP contribution < -0.4 is 0 Å². The van der Waals surface area contributed by atoms with E-state index < -0.39 is 6.10 Å². The second-order valence-corrected chi connectivity index (χ2v) is 19.5. The number of unbranched alkanes of at least 4 members (excludes halogenated alkanes) is 20. The predicted octanol–water partition coefficient (Wildman–Crippen LogP) is 20.6. The van der Waals surface area contributed by atoms with E-state index in [9.17, 15) is 14.4 Å². The van der Waals surface area contributed by atoms with Crippen LogP contribution in [0.1, 0.15) is 258 Å². The molecule has 0 saturated carbocycles. The average Bonchev–Trinajstić information content (AvgIpc) is 3.40. The highest BCUT2D eigenvalue weighted by Crippen LogP contribution is 2.15. The fourth-order valence-corrected chi connectivity index (χ4v) is 7.95. The molecule has 6 nitrogen and oxygen atoms in total. The van der Waals surface area contributed by atoms with Crippen LogP contribution in [0.5, 0.6) is 0 Å². The van der Waals surface area contributed by atoms with Gasteiger partial charge in [0.15, 0.2) is 6.10 Å². The first-order valence-corrected chi connectivity index (χ1v) is 30.2. The molecule has 0 aliphatic heterocycles. The summed E-state index contributed by atoms with van der Waals surface area (Å²) in [6.45, 7) is 6.30. The SMILES string of the molecule is CC/C=C\C/C=C\C/C=C\C/C=C\C/C=C\C/C=C\C/C=C\CCCC(=O)OC(COC(=O)CCCCCCCC)COC(=O)CCCCCCCCCCCCCCCC/C=C\C/C=C\C/C=C\C/C=C\CC. The fourth-order valence-electron chi connectivity index (χ4n) is 7.95. The maximum Gasteiger partial charge on any atom is 0.306 e. The van der Waals surface area contributed by atoms with E-state index in [4.69, 9.17) is 14.2 Å². The summed E-state index contributed by atoms with van der Waals surface area (Å²) in [6, 6.07) is 0. The number of carbonyl (C=O) groups is 3. The minimum atomic E-state index is -0.810. The zero-order valence-corrected chi connectivity index (χ0v) is 47.8. The van der Waals surface area contributed by atoms with Gasteiger partial charge in [0.25, 0.3) is 0 Å². The number of esters is 3. The molecule has 0 spiro atoms. The molecule has 0 heterocycles. The lowest BCUT2D eigenvalue weighted by atomic mass is 10.0. The highest BCUT2D eigenvalue weighted by molar-refractivity contribution is 5.71. The summed E-state index contributed by atoms with van der Waals surface area (Å²) >= 11 is 0. The summed E-state index contributed by atoms with van der Waals surface area (Å²) < 4.78 is 16.7. The van der Waals surface area contributed by atoms with Crippen LogP contribution in [-0.2, 0) is 28.6 Å². The van der Waals surface area contributed by atoms with Crippen molar-refractivity contribution < 1.29 is 28.6 Å². The van der Waals surface area contributed by atoms with Crippen molar-refractivity contribution in [3.05, 3.63) is 134 Å². The third-order valence-corrected chi connectivity index (χ3v) is 12.4. The maximum atomic E-state index is 12.8. The van der Waals surface area contributed by atoms with E-state index in [1.54, 1.807) is 0 Å². The summed E-state index contributed by atoms with van der Waals surface area (Å²) in [5.41, 5.74) is 0. The molecule has 0 aromatic carbocycles. The Bertz CT molecular complexity index is 1600. The van der Waals surface area contributed by atoms with Crippen molar-refractivity contribution in [1.29, 1.82) is 0 Å². The Morgan fingerprint density at radius 1 is 0.284 bits per heavy atom. The predicted molar refractivity (Wildman–Crippen MR) is 320 cm³/mol. The van der Waals surface area contributed by atoms with Crippen molar-refractivity contribution in [3.63, 3.8) is 0 Å². The number of hydrogen-bond acceptors (Lipinski definition) is 6. The van der Waals surface area contributed by atoms with E-state index in [1.165, 1.54) is 96.3 Å². The Labute approximate surface area is 455 Å². The van der Waals surface area contributed by atoms with E-state index in [0.29, 0.717) is 19.3 Å². The highest BCUT2D eigenvalue weighted by atomic mass is 16.6.